The minimum absolute atomic E-state index is 0.0493. The lowest BCUT2D eigenvalue weighted by Gasteiger charge is -2.35. The third-order valence-electron chi connectivity index (χ3n) is 9.37. The molecular formula is C38H50N5O6-. The number of fused-ring (bicyclic) bond motifs is 1. The number of aliphatic carboxylic acids is 1. The second-order valence-electron chi connectivity index (χ2n) is 12.9. The van der Waals surface area contributed by atoms with E-state index < -0.39 is 18.1 Å². The molecule has 1 aliphatic heterocycles. The molecule has 11 heteroatoms. The molecule has 0 spiro atoms. The third-order valence-corrected chi connectivity index (χ3v) is 9.37. The number of rotatable bonds is 22. The average Bonchev–Trinajstić information content (AvgIpc) is 3.61. The second kappa shape index (κ2) is 19.5. The van der Waals surface area contributed by atoms with Crippen molar-refractivity contribution in [1.29, 1.82) is 0 Å². The fourth-order valence-electron chi connectivity index (χ4n) is 6.72. The Morgan fingerprint density at radius 3 is 2.55 bits per heavy atom. The normalized spacial score (nSPS) is 17.4. The van der Waals surface area contributed by atoms with Gasteiger partial charge in [0.2, 0.25) is 0 Å². The van der Waals surface area contributed by atoms with Crippen LogP contribution in [0.15, 0.2) is 71.4 Å². The van der Waals surface area contributed by atoms with Crippen molar-refractivity contribution in [1.82, 2.24) is 10.3 Å². The molecule has 0 fully saturated rings. The van der Waals surface area contributed by atoms with Crippen molar-refractivity contribution >= 4 is 41.1 Å². The lowest BCUT2D eigenvalue weighted by molar-refractivity contribution is -0.131. The molecule has 49 heavy (non-hydrogen) atoms. The van der Waals surface area contributed by atoms with Gasteiger partial charge >= 0.3 is 5.97 Å². The van der Waals surface area contributed by atoms with Crippen LogP contribution in [0.4, 0.5) is 5.82 Å². The summed E-state index contributed by atoms with van der Waals surface area (Å²) in [5.74, 6) is -0.203. The summed E-state index contributed by atoms with van der Waals surface area (Å²) in [6.07, 6.45) is 11.0. The van der Waals surface area contributed by atoms with E-state index in [4.69, 9.17) is 16.2 Å². The molecule has 264 valence electrons. The average molecular weight is 673 g/mol. The second-order valence-corrected chi connectivity index (χ2v) is 12.9. The summed E-state index contributed by atoms with van der Waals surface area (Å²) >= 11 is 0. The number of nitrogens with one attached hydrogen (secondary N) is 2. The summed E-state index contributed by atoms with van der Waals surface area (Å²) < 4.78 is 0. The first-order valence-corrected chi connectivity index (χ1v) is 17.3. The molecular weight excluding hydrogens is 622 g/mol. The maximum Gasteiger partial charge on any atom is 0.328 e. The molecule has 0 aliphatic carbocycles. The van der Waals surface area contributed by atoms with Crippen LogP contribution in [-0.2, 0) is 20.8 Å². The number of carboxylic acids is 1. The lowest BCUT2D eigenvalue weighted by Crippen LogP contribution is -2.46. The van der Waals surface area contributed by atoms with E-state index in [0.29, 0.717) is 75.7 Å². The Morgan fingerprint density at radius 2 is 1.84 bits per heavy atom. The zero-order valence-corrected chi connectivity index (χ0v) is 28.0. The van der Waals surface area contributed by atoms with E-state index in [-0.39, 0.29) is 30.4 Å². The van der Waals surface area contributed by atoms with E-state index in [1.54, 1.807) is 6.20 Å². The first kappa shape index (κ1) is 37.3. The number of guanidine groups is 1. The van der Waals surface area contributed by atoms with Crippen molar-refractivity contribution in [3.05, 3.63) is 82.8 Å². The highest BCUT2D eigenvalue weighted by atomic mass is 16.4. The lowest BCUT2D eigenvalue weighted by atomic mass is 9.84. The molecule has 2 aromatic carbocycles. The number of carbonyl (C=O) groups is 3. The largest absolute Gasteiger partial charge is 0.478 e. The number of aliphatic hydroxyl groups excluding tert-OH is 2. The van der Waals surface area contributed by atoms with E-state index in [9.17, 15) is 24.6 Å². The number of H-pyrrole nitrogens is 1. The number of aromatic nitrogens is 1. The van der Waals surface area contributed by atoms with Gasteiger partial charge in [0.15, 0.2) is 5.96 Å². The molecule has 0 amide bonds. The first-order valence-electron chi connectivity index (χ1n) is 17.3. The van der Waals surface area contributed by atoms with Crippen LogP contribution < -0.4 is 11.1 Å². The first-order chi connectivity index (χ1) is 23.8. The Hall–Kier alpha value is -4.48. The van der Waals surface area contributed by atoms with Crippen LogP contribution in [0.3, 0.4) is 0 Å². The minimum atomic E-state index is -1.05. The van der Waals surface area contributed by atoms with Crippen molar-refractivity contribution in [3.63, 3.8) is 0 Å². The molecule has 11 nitrogen and oxygen atoms in total. The van der Waals surface area contributed by atoms with Crippen LogP contribution in [0.25, 0.3) is 16.1 Å². The molecule has 5 atom stereocenters. The number of aliphatic hydroxyl groups is 2. The number of aromatic amines is 1. The Balaban J connectivity index is 1.56. The Kier molecular flexibility index (Phi) is 14.9. The number of carbonyl (C=O) groups excluding carboxylic acids is 2. The quantitative estimate of drug-likeness (QED) is 0.0601. The predicted molar refractivity (Wildman–Crippen MR) is 192 cm³/mol. The summed E-state index contributed by atoms with van der Waals surface area (Å²) in [6.45, 7) is 0.534. The van der Waals surface area contributed by atoms with Crippen LogP contribution >= 0.6 is 0 Å². The highest BCUT2D eigenvalue weighted by molar-refractivity contribution is 5.85. The van der Waals surface area contributed by atoms with Crippen molar-refractivity contribution < 1.29 is 29.7 Å². The molecule has 0 bridgehead atoms. The van der Waals surface area contributed by atoms with Gasteiger partial charge in [-0.05, 0) is 97.2 Å². The van der Waals surface area contributed by atoms with Crippen molar-refractivity contribution in [3.8, 4) is 0 Å². The Labute approximate surface area is 288 Å². The molecule has 1 aromatic heterocycles. The number of aldehydes is 2. The van der Waals surface area contributed by atoms with Gasteiger partial charge in [0.25, 0.3) is 0 Å². The summed E-state index contributed by atoms with van der Waals surface area (Å²) in [6, 6.07) is 15.4. The highest BCUT2D eigenvalue weighted by Crippen LogP contribution is 2.36. The Bertz CT molecular complexity index is 1560. The highest BCUT2D eigenvalue weighted by Gasteiger charge is 2.26. The zero-order chi connectivity index (χ0) is 35.0. The van der Waals surface area contributed by atoms with Crippen molar-refractivity contribution in [2.24, 2.45) is 16.6 Å². The van der Waals surface area contributed by atoms with E-state index in [0.717, 1.165) is 47.3 Å². The third kappa shape index (κ3) is 11.9. The smallest absolute Gasteiger partial charge is 0.328 e. The van der Waals surface area contributed by atoms with Crippen LogP contribution in [0, 0.1) is 5.92 Å². The summed E-state index contributed by atoms with van der Waals surface area (Å²) in [5, 5.41) is 40.1. The molecule has 3 aromatic rings. The van der Waals surface area contributed by atoms with Crippen LogP contribution in [0.1, 0.15) is 81.3 Å². The number of nitrogens with two attached hydrogens (primary N) is 1. The van der Waals surface area contributed by atoms with E-state index in [1.807, 2.05) is 30.3 Å². The van der Waals surface area contributed by atoms with E-state index >= 15 is 0 Å². The molecule has 5 unspecified atom stereocenters. The summed E-state index contributed by atoms with van der Waals surface area (Å²) in [4.78, 5) is 42.1. The van der Waals surface area contributed by atoms with E-state index in [2.05, 4.69) is 33.5 Å². The fraction of sp³-hybridized carbons (Fsp3) is 0.474. The maximum absolute atomic E-state index is 12.1. The van der Waals surface area contributed by atoms with Crippen molar-refractivity contribution in [2.45, 2.75) is 94.7 Å². The molecule has 2 heterocycles. The van der Waals surface area contributed by atoms with Crippen LogP contribution in [0.5, 0.6) is 0 Å². The van der Waals surface area contributed by atoms with Gasteiger partial charge in [-0.1, -0.05) is 67.0 Å². The van der Waals surface area contributed by atoms with Gasteiger partial charge in [-0.2, -0.15) is 0 Å². The van der Waals surface area contributed by atoms with Gasteiger partial charge in [-0.3, -0.25) is 4.99 Å². The number of hydrogen-bond acceptors (Lipinski definition) is 8. The van der Waals surface area contributed by atoms with Crippen LogP contribution in [-0.4, -0.2) is 76.1 Å². The van der Waals surface area contributed by atoms with Crippen LogP contribution in [0.2, 0.25) is 0 Å². The van der Waals surface area contributed by atoms with Gasteiger partial charge in [-0.25, -0.2) is 4.79 Å². The zero-order valence-electron chi connectivity index (χ0n) is 28.0. The van der Waals surface area contributed by atoms with Gasteiger partial charge in [0, 0.05) is 31.6 Å². The number of carboxylic acid groups (broad SMARTS) is 1. The van der Waals surface area contributed by atoms with E-state index in [1.165, 1.54) is 6.08 Å². The molecule has 0 saturated carbocycles. The topological polar surface area (TPSA) is 192 Å². The summed E-state index contributed by atoms with van der Waals surface area (Å²) in [5.41, 5.74) is 8.72. The molecule has 7 N–H and O–H groups in total. The molecule has 0 radical (unpaired) electrons. The monoisotopic (exact) mass is 672 g/mol. The summed E-state index contributed by atoms with van der Waals surface area (Å²) in [7, 11) is 0. The molecule has 4 rings (SSSR count). The standard InChI is InChI=1S/C38H50N5O6/c39-38-41-19-16-35(43-38)33(24-37(48)49)34(42-36-7-2-18-40-36)15-13-28(5-1-6-32(47)14-9-27(25-46)4-3-20-44)30-12-11-29-10-8-26(17-21-45)22-31(29)23-30/h2,7-8,10-12,18,21-25,27-28,32,34-35,40,44,47H,1,3-6,9,13-17,19-20H2,(H,48,49)(H3,39,41,43)/q-1. The SMILES string of the molecule is NC1=NCCC(C(=CC(=O)O)C(CCC(CCCC(O)CCC(C=O)CCCO)c2ccc3ccc(CC=O)cc3c2)[N-]c2ccc[nH]2)N1. The maximum atomic E-state index is 12.1. The number of benzene rings is 2. The number of aliphatic imine (C=N–C) groups is 1. The Morgan fingerprint density at radius 1 is 1.00 bits per heavy atom. The minimum Gasteiger partial charge on any atom is -0.478 e. The van der Waals surface area contributed by atoms with Crippen molar-refractivity contribution in [2.75, 3.05) is 13.2 Å². The molecule has 1 aliphatic rings. The van der Waals surface area contributed by atoms with Gasteiger partial charge in [0.1, 0.15) is 12.6 Å². The number of nitrogens with zero attached hydrogens (tertiary/aromatic N) is 2. The molecule has 0 saturated heterocycles. The number of hydrogen-bond donors (Lipinski definition) is 6. The predicted octanol–water partition coefficient (Wildman–Crippen LogP) is 5.43. The van der Waals surface area contributed by atoms with Gasteiger partial charge in [0.05, 0.1) is 12.1 Å². The van der Waals surface area contributed by atoms with Gasteiger partial charge in [-0.15, -0.1) is 0 Å². The van der Waals surface area contributed by atoms with Gasteiger partial charge < -0.3 is 46.3 Å². The fourth-order valence-corrected chi connectivity index (χ4v) is 6.72.